The van der Waals surface area contributed by atoms with Gasteiger partial charge in [0.25, 0.3) is 0 Å². The molecule has 1 fully saturated rings. The lowest BCUT2D eigenvalue weighted by molar-refractivity contribution is 0.0470. The number of amides is 1. The second-order valence-corrected chi connectivity index (χ2v) is 8.24. The summed E-state index contributed by atoms with van der Waals surface area (Å²) in [7, 11) is 0. The van der Waals surface area contributed by atoms with E-state index in [0.717, 1.165) is 12.2 Å². The molecule has 0 bridgehead atoms. The number of nitrogens with one attached hydrogen (secondary N) is 1. The molecular formula is C18H26N6O2. The van der Waals surface area contributed by atoms with Gasteiger partial charge in [0.05, 0.1) is 35.9 Å². The van der Waals surface area contributed by atoms with Gasteiger partial charge in [-0.05, 0) is 32.8 Å². The maximum atomic E-state index is 12.4. The maximum Gasteiger partial charge on any atom is 0.408 e. The smallest absolute Gasteiger partial charge is 0.408 e. The van der Waals surface area contributed by atoms with Gasteiger partial charge < -0.3 is 20.7 Å². The Morgan fingerprint density at radius 2 is 2.12 bits per heavy atom. The zero-order valence-electron chi connectivity index (χ0n) is 15.6. The monoisotopic (exact) mass is 358 g/mol. The zero-order valence-corrected chi connectivity index (χ0v) is 15.6. The molecule has 8 nitrogen and oxygen atoms in total. The number of hydrogen-bond acceptors (Lipinski definition) is 5. The van der Waals surface area contributed by atoms with Crippen LogP contribution in [0.25, 0.3) is 5.82 Å². The molecule has 0 radical (unpaired) electrons. The molecule has 140 valence electrons. The molecule has 3 aliphatic rings. The van der Waals surface area contributed by atoms with Crippen molar-refractivity contribution in [1.29, 1.82) is 0 Å². The third kappa shape index (κ3) is 3.11. The molecule has 4 rings (SSSR count). The number of rotatable bonds is 3. The molecule has 1 amide bonds. The van der Waals surface area contributed by atoms with Crippen molar-refractivity contribution in [1.82, 2.24) is 19.7 Å². The number of fused-ring (bicyclic) bond motifs is 1. The predicted octanol–water partition coefficient (Wildman–Crippen LogP) is 2.16. The third-order valence-corrected chi connectivity index (χ3v) is 4.91. The minimum Gasteiger partial charge on any atom is -0.444 e. The molecule has 0 unspecified atom stereocenters. The lowest BCUT2D eigenvalue weighted by Gasteiger charge is -2.43. The summed E-state index contributed by atoms with van der Waals surface area (Å²) < 4.78 is 9.85. The molecule has 0 aromatic carbocycles. The Hall–Kier alpha value is -2.64. The van der Waals surface area contributed by atoms with Crippen LogP contribution in [0.2, 0.25) is 0 Å². The number of hydrogen-bond donors (Lipinski definition) is 2. The van der Waals surface area contributed by atoms with Crippen molar-refractivity contribution in [2.45, 2.75) is 45.4 Å². The Balaban J connectivity index is 1.55. The van der Waals surface area contributed by atoms with E-state index in [2.05, 4.69) is 37.7 Å². The summed E-state index contributed by atoms with van der Waals surface area (Å²) in [5.74, 6) is 1.58. The topological polar surface area (TPSA) is 90.3 Å². The highest BCUT2D eigenvalue weighted by atomic mass is 16.6. The number of carbonyl (C=O) groups excluding carboxylic acids is 1. The summed E-state index contributed by atoms with van der Waals surface area (Å²) >= 11 is 0. The molecule has 1 saturated heterocycles. The second-order valence-electron chi connectivity index (χ2n) is 8.24. The highest BCUT2D eigenvalue weighted by Gasteiger charge is 2.46. The summed E-state index contributed by atoms with van der Waals surface area (Å²) in [6, 6.07) is 2.06. The molecule has 3 atom stereocenters. The van der Waals surface area contributed by atoms with E-state index >= 15 is 0 Å². The van der Waals surface area contributed by atoms with Gasteiger partial charge in [-0.15, -0.1) is 0 Å². The first-order valence-electron chi connectivity index (χ1n) is 8.99. The van der Waals surface area contributed by atoms with Crippen molar-refractivity contribution in [3.05, 3.63) is 24.7 Å². The average molecular weight is 358 g/mol. The fourth-order valence-corrected chi connectivity index (χ4v) is 3.78. The Kier molecular flexibility index (Phi) is 3.68. The molecule has 0 spiro atoms. The Morgan fingerprint density at radius 3 is 2.69 bits per heavy atom. The molecule has 3 aliphatic heterocycles. The number of nitrogen functional groups attached to an aromatic ring is 1. The van der Waals surface area contributed by atoms with Crippen LogP contribution in [0.5, 0.6) is 0 Å². The summed E-state index contributed by atoms with van der Waals surface area (Å²) in [6.45, 7) is 9.34. The van der Waals surface area contributed by atoms with E-state index in [1.807, 2.05) is 26.8 Å². The van der Waals surface area contributed by atoms with Crippen molar-refractivity contribution in [3.8, 4) is 5.82 Å². The zero-order chi connectivity index (χ0) is 18.6. The number of piperidine rings is 1. The van der Waals surface area contributed by atoms with Gasteiger partial charge in [-0.25, -0.2) is 9.48 Å². The lowest BCUT2D eigenvalue weighted by Crippen LogP contribution is -2.56. The van der Waals surface area contributed by atoms with Crippen LogP contribution < -0.4 is 16.0 Å². The van der Waals surface area contributed by atoms with Gasteiger partial charge in [-0.1, -0.05) is 6.92 Å². The van der Waals surface area contributed by atoms with Crippen LogP contribution >= 0.6 is 0 Å². The van der Waals surface area contributed by atoms with Crippen LogP contribution in [0.15, 0.2) is 24.7 Å². The van der Waals surface area contributed by atoms with Gasteiger partial charge in [-0.3, -0.25) is 9.67 Å². The second kappa shape index (κ2) is 5.69. The van der Waals surface area contributed by atoms with Crippen LogP contribution in [0, 0.1) is 5.92 Å². The van der Waals surface area contributed by atoms with Crippen molar-refractivity contribution in [2.24, 2.45) is 5.92 Å². The van der Waals surface area contributed by atoms with Crippen LogP contribution in [0.4, 0.5) is 16.2 Å². The number of ether oxygens (including phenoxy) is 1. The number of anilines is 2. The van der Waals surface area contributed by atoms with E-state index in [0.29, 0.717) is 18.2 Å². The summed E-state index contributed by atoms with van der Waals surface area (Å²) in [6.07, 6.45) is 5.11. The Labute approximate surface area is 152 Å². The van der Waals surface area contributed by atoms with E-state index in [9.17, 15) is 4.79 Å². The summed E-state index contributed by atoms with van der Waals surface area (Å²) in [5.41, 5.74) is 7.20. The highest BCUT2D eigenvalue weighted by molar-refractivity contribution is 5.69. The van der Waals surface area contributed by atoms with Crippen LogP contribution in [0.3, 0.4) is 0 Å². The van der Waals surface area contributed by atoms with E-state index in [1.54, 1.807) is 12.4 Å². The quantitative estimate of drug-likeness (QED) is 0.749. The van der Waals surface area contributed by atoms with Crippen molar-refractivity contribution in [2.75, 3.05) is 23.7 Å². The van der Waals surface area contributed by atoms with Crippen molar-refractivity contribution < 1.29 is 9.53 Å². The van der Waals surface area contributed by atoms with Crippen LogP contribution in [-0.2, 0) is 4.74 Å². The first kappa shape index (κ1) is 16.8. The standard InChI is InChI=1S/C18H26N6O2/c1-11-8-22(14-5-6-20-7-12(14)19)9-13(16(11)24-15-10-23(15)24)21-17(25)26-18(2,3)4/h5-7,10-11,13,16H,8-9,19H2,1-4H3,(H,21,25)/t11-,13+,16-,23?,24?/m0/s1. The van der Waals surface area contributed by atoms with Crippen LogP contribution in [-0.4, -0.2) is 45.2 Å². The van der Waals surface area contributed by atoms with Gasteiger partial charge >= 0.3 is 6.09 Å². The number of pyridine rings is 1. The minimum absolute atomic E-state index is 0.0742. The van der Waals surface area contributed by atoms with E-state index in [-0.39, 0.29) is 18.2 Å². The van der Waals surface area contributed by atoms with E-state index in [1.165, 1.54) is 5.82 Å². The molecule has 4 heterocycles. The maximum absolute atomic E-state index is 12.4. The first-order chi connectivity index (χ1) is 12.2. The molecular weight excluding hydrogens is 332 g/mol. The van der Waals surface area contributed by atoms with Gasteiger partial charge in [0, 0.05) is 19.3 Å². The van der Waals surface area contributed by atoms with Gasteiger partial charge in [0.15, 0.2) is 5.82 Å². The molecule has 1 aromatic rings. The normalized spacial score (nSPS) is 24.5. The van der Waals surface area contributed by atoms with Crippen molar-refractivity contribution >= 4 is 17.5 Å². The lowest BCUT2D eigenvalue weighted by atomic mass is 9.89. The summed E-state index contributed by atoms with van der Waals surface area (Å²) in [5, 5.41) is 3.08. The fourth-order valence-electron chi connectivity index (χ4n) is 3.78. The van der Waals surface area contributed by atoms with Gasteiger partial charge in [0.1, 0.15) is 5.60 Å². The number of nitrogens with two attached hydrogens (primary N) is 1. The van der Waals surface area contributed by atoms with Gasteiger partial charge in [0.2, 0.25) is 0 Å². The van der Waals surface area contributed by atoms with E-state index < -0.39 is 5.60 Å². The number of nitrogens with zero attached hydrogens (tertiary/aromatic N) is 4. The van der Waals surface area contributed by atoms with E-state index in [4.69, 9.17) is 10.5 Å². The molecule has 8 heteroatoms. The molecule has 3 N–H and O–H groups in total. The largest absolute Gasteiger partial charge is 0.444 e. The average Bonchev–Trinajstić information content (AvgIpc) is 3.40. The highest BCUT2D eigenvalue weighted by Crippen LogP contribution is 2.42. The minimum atomic E-state index is -0.525. The van der Waals surface area contributed by atoms with Gasteiger partial charge in [-0.2, -0.15) is 0 Å². The first-order valence-corrected chi connectivity index (χ1v) is 8.99. The molecule has 26 heavy (non-hydrogen) atoms. The number of alkyl carbamates (subject to hydrolysis) is 1. The van der Waals surface area contributed by atoms with Crippen molar-refractivity contribution in [3.63, 3.8) is 0 Å². The number of carbonyl (C=O) groups is 1. The predicted molar refractivity (Wildman–Crippen MR) is 99.5 cm³/mol. The summed E-state index contributed by atoms with van der Waals surface area (Å²) in [4.78, 5) is 18.7. The Bertz CT molecular complexity index is 818. The fraction of sp³-hybridized carbons (Fsp3) is 0.556. The molecule has 0 aliphatic carbocycles. The molecule has 0 saturated carbocycles. The SMILES string of the molecule is C[C@H]1CN(c2ccncc2N)C[C@@H](NC(=O)OC(C)(C)C)[C@H]1n1c2cn1-2. The number of aromatic nitrogens is 3. The molecule has 1 aromatic heterocycles. The van der Waals surface area contributed by atoms with Crippen LogP contribution in [0.1, 0.15) is 33.7 Å². The Morgan fingerprint density at radius 1 is 1.38 bits per heavy atom. The third-order valence-electron chi connectivity index (χ3n) is 4.91.